The molecule has 0 aromatic rings. The molecular weight excluding hydrogens is 256 g/mol. The van der Waals surface area contributed by atoms with Gasteiger partial charge in [0.25, 0.3) is 0 Å². The summed E-state index contributed by atoms with van der Waals surface area (Å²) in [5.41, 5.74) is 0. The zero-order valence-corrected chi connectivity index (χ0v) is 11.5. The highest BCUT2D eigenvalue weighted by Crippen LogP contribution is 2.25. The Morgan fingerprint density at radius 2 is 2.00 bits per heavy atom. The molecule has 1 fully saturated rings. The van der Waals surface area contributed by atoms with Crippen molar-refractivity contribution in [1.82, 2.24) is 0 Å². The lowest BCUT2D eigenvalue weighted by molar-refractivity contribution is -0.147. The average Bonchev–Trinajstić information content (AvgIpc) is 2.31. The van der Waals surface area contributed by atoms with Crippen molar-refractivity contribution in [2.45, 2.75) is 44.8 Å². The van der Waals surface area contributed by atoms with Crippen molar-refractivity contribution in [1.29, 1.82) is 0 Å². The van der Waals surface area contributed by atoms with Crippen molar-refractivity contribution >= 4 is 16.8 Å². The van der Waals surface area contributed by atoms with E-state index in [1.54, 1.807) is 0 Å². The van der Waals surface area contributed by atoms with Gasteiger partial charge >= 0.3 is 5.97 Å². The largest absolute Gasteiger partial charge is 0.462 e. The summed E-state index contributed by atoms with van der Waals surface area (Å²) < 4.78 is 16.7. The van der Waals surface area contributed by atoms with Gasteiger partial charge in [-0.05, 0) is 31.6 Å². The maximum Gasteiger partial charge on any atom is 0.318 e. The summed E-state index contributed by atoms with van der Waals surface area (Å²) in [4.78, 5) is 11.5. The second-order valence-corrected chi connectivity index (χ2v) is 6.46. The number of ether oxygens (including phenoxy) is 1. The number of aliphatic hydroxyl groups is 2. The van der Waals surface area contributed by atoms with E-state index in [-0.39, 0.29) is 17.6 Å². The minimum Gasteiger partial charge on any atom is -0.462 e. The molecule has 2 atom stereocenters. The third kappa shape index (κ3) is 5.93. The number of rotatable bonds is 6. The topological polar surface area (TPSA) is 83.8 Å². The third-order valence-electron chi connectivity index (χ3n) is 3.13. The molecular formula is C12H22O5S. The Morgan fingerprint density at radius 1 is 1.39 bits per heavy atom. The molecule has 18 heavy (non-hydrogen) atoms. The quantitative estimate of drug-likeness (QED) is 0.679. The summed E-state index contributed by atoms with van der Waals surface area (Å²) in [6, 6.07) is 0. The van der Waals surface area contributed by atoms with Gasteiger partial charge in [-0.25, -0.2) is 0 Å². The molecule has 0 aliphatic heterocycles. The van der Waals surface area contributed by atoms with Gasteiger partial charge in [0.15, 0.2) is 0 Å². The van der Waals surface area contributed by atoms with Crippen LogP contribution in [0, 0.1) is 5.92 Å². The van der Waals surface area contributed by atoms with Gasteiger partial charge in [-0.15, -0.1) is 0 Å². The molecule has 0 aromatic carbocycles. The second kappa shape index (κ2) is 7.86. The molecule has 5 nitrogen and oxygen atoms in total. The molecule has 0 aromatic heterocycles. The number of hydrogen-bond acceptors (Lipinski definition) is 5. The lowest BCUT2D eigenvalue weighted by Crippen LogP contribution is -2.29. The van der Waals surface area contributed by atoms with Crippen molar-refractivity contribution < 1.29 is 24.0 Å². The minimum absolute atomic E-state index is 0.0477. The molecule has 1 aliphatic rings. The van der Waals surface area contributed by atoms with Crippen molar-refractivity contribution in [3.63, 3.8) is 0 Å². The van der Waals surface area contributed by atoms with Gasteiger partial charge in [-0.3, -0.25) is 9.00 Å². The summed E-state index contributed by atoms with van der Waals surface area (Å²) >= 11 is 0. The Bertz CT molecular complexity index is 286. The van der Waals surface area contributed by atoms with Crippen LogP contribution in [-0.4, -0.2) is 50.7 Å². The van der Waals surface area contributed by atoms with Gasteiger partial charge in [0, 0.05) is 10.8 Å². The number of carbonyl (C=O) groups is 1. The molecule has 1 aliphatic carbocycles. The SMILES string of the molecule is CC1CCC(OC(=O)CS(=O)CC(O)CO)CC1. The smallest absolute Gasteiger partial charge is 0.318 e. The van der Waals surface area contributed by atoms with Gasteiger partial charge in [-0.2, -0.15) is 0 Å². The molecule has 106 valence electrons. The van der Waals surface area contributed by atoms with E-state index in [0.717, 1.165) is 25.7 Å². The van der Waals surface area contributed by atoms with Crippen molar-refractivity contribution in [2.75, 3.05) is 18.1 Å². The lowest BCUT2D eigenvalue weighted by atomic mass is 9.89. The molecule has 0 radical (unpaired) electrons. The van der Waals surface area contributed by atoms with Crippen LogP contribution < -0.4 is 0 Å². The summed E-state index contributed by atoms with van der Waals surface area (Å²) in [6.07, 6.45) is 2.79. The summed E-state index contributed by atoms with van der Waals surface area (Å²) in [5.74, 6) is -0.0806. The summed E-state index contributed by atoms with van der Waals surface area (Å²) in [6.45, 7) is 1.74. The average molecular weight is 278 g/mol. The summed E-state index contributed by atoms with van der Waals surface area (Å²) in [5, 5.41) is 17.7. The fourth-order valence-electron chi connectivity index (χ4n) is 2.02. The van der Waals surface area contributed by atoms with Crippen LogP contribution in [0.3, 0.4) is 0 Å². The maximum atomic E-state index is 11.5. The van der Waals surface area contributed by atoms with Gasteiger partial charge in [0.1, 0.15) is 11.9 Å². The normalized spacial score (nSPS) is 27.5. The Kier molecular flexibility index (Phi) is 6.81. The molecule has 2 unspecified atom stereocenters. The lowest BCUT2D eigenvalue weighted by Gasteiger charge is -2.25. The van der Waals surface area contributed by atoms with Gasteiger partial charge in [0.2, 0.25) is 0 Å². The monoisotopic (exact) mass is 278 g/mol. The van der Waals surface area contributed by atoms with E-state index >= 15 is 0 Å². The third-order valence-corrected chi connectivity index (χ3v) is 4.44. The van der Waals surface area contributed by atoms with Gasteiger partial charge < -0.3 is 14.9 Å². The zero-order chi connectivity index (χ0) is 13.5. The van der Waals surface area contributed by atoms with Gasteiger partial charge in [-0.1, -0.05) is 6.92 Å². The van der Waals surface area contributed by atoms with Crippen molar-refractivity contribution in [3.05, 3.63) is 0 Å². The Balaban J connectivity index is 2.22. The van der Waals surface area contributed by atoms with Crippen LogP contribution in [-0.2, 0) is 20.3 Å². The Hall–Kier alpha value is -0.460. The number of esters is 1. The van der Waals surface area contributed by atoms with E-state index in [1.165, 1.54) is 0 Å². The molecule has 0 spiro atoms. The van der Waals surface area contributed by atoms with Crippen molar-refractivity contribution in [3.8, 4) is 0 Å². The maximum absolute atomic E-state index is 11.5. The van der Waals surface area contributed by atoms with E-state index in [1.807, 2.05) is 0 Å². The van der Waals surface area contributed by atoms with Crippen LogP contribution in [0.25, 0.3) is 0 Å². The standard InChI is InChI=1S/C12H22O5S/c1-9-2-4-11(5-3-9)17-12(15)8-18(16)7-10(14)6-13/h9-11,13-14H,2-8H2,1H3. The Labute approximate surface area is 110 Å². The van der Waals surface area contributed by atoms with E-state index < -0.39 is 29.5 Å². The predicted molar refractivity (Wildman–Crippen MR) is 68.5 cm³/mol. The first kappa shape index (κ1) is 15.6. The first-order valence-corrected chi connectivity index (χ1v) is 7.83. The first-order chi connectivity index (χ1) is 8.51. The summed E-state index contributed by atoms with van der Waals surface area (Å²) in [7, 11) is -1.48. The van der Waals surface area contributed by atoms with E-state index in [4.69, 9.17) is 14.9 Å². The molecule has 6 heteroatoms. The predicted octanol–water partition coefficient (Wildman–Crippen LogP) is 0.210. The number of aliphatic hydroxyl groups excluding tert-OH is 2. The molecule has 1 saturated carbocycles. The van der Waals surface area contributed by atoms with E-state index in [9.17, 15) is 9.00 Å². The highest BCUT2D eigenvalue weighted by atomic mass is 32.2. The number of carbonyl (C=O) groups excluding carboxylic acids is 1. The Morgan fingerprint density at radius 3 is 2.56 bits per heavy atom. The number of hydrogen-bond donors (Lipinski definition) is 2. The van der Waals surface area contributed by atoms with Gasteiger partial charge in [0.05, 0.1) is 18.5 Å². The highest BCUT2D eigenvalue weighted by Gasteiger charge is 2.22. The molecule has 0 heterocycles. The molecule has 0 bridgehead atoms. The van der Waals surface area contributed by atoms with E-state index in [0.29, 0.717) is 5.92 Å². The van der Waals surface area contributed by atoms with Crippen LogP contribution in [0.15, 0.2) is 0 Å². The van der Waals surface area contributed by atoms with Crippen LogP contribution in [0.2, 0.25) is 0 Å². The molecule has 0 saturated heterocycles. The zero-order valence-electron chi connectivity index (χ0n) is 10.7. The highest BCUT2D eigenvalue weighted by molar-refractivity contribution is 7.85. The van der Waals surface area contributed by atoms with Crippen LogP contribution >= 0.6 is 0 Å². The minimum atomic E-state index is -1.48. The fourth-order valence-corrected chi connectivity index (χ4v) is 3.01. The molecule has 0 amide bonds. The molecule has 1 rings (SSSR count). The molecule has 2 N–H and O–H groups in total. The van der Waals surface area contributed by atoms with Crippen LogP contribution in [0.1, 0.15) is 32.6 Å². The van der Waals surface area contributed by atoms with E-state index in [2.05, 4.69) is 6.92 Å². The van der Waals surface area contributed by atoms with Crippen LogP contribution in [0.5, 0.6) is 0 Å². The second-order valence-electron chi connectivity index (χ2n) is 4.96. The first-order valence-electron chi connectivity index (χ1n) is 6.34. The fraction of sp³-hybridized carbons (Fsp3) is 0.917. The van der Waals surface area contributed by atoms with Crippen LogP contribution in [0.4, 0.5) is 0 Å². The van der Waals surface area contributed by atoms with Crippen molar-refractivity contribution in [2.24, 2.45) is 5.92 Å².